The second-order valence-electron chi connectivity index (χ2n) is 5.74. The molecule has 0 spiro atoms. The summed E-state index contributed by atoms with van der Waals surface area (Å²) < 4.78 is 13.9. The van der Waals surface area contributed by atoms with Crippen molar-refractivity contribution in [3.63, 3.8) is 0 Å². The van der Waals surface area contributed by atoms with E-state index in [0.29, 0.717) is 23.4 Å². The molecule has 1 aromatic carbocycles. The highest BCUT2D eigenvalue weighted by Crippen LogP contribution is 2.27. The smallest absolute Gasteiger partial charge is 0.137 e. The lowest BCUT2D eigenvalue weighted by atomic mass is 9.87. The fourth-order valence-corrected chi connectivity index (χ4v) is 3.20. The topological polar surface area (TPSA) is 32.3 Å². The number of rotatable bonds is 4. The number of halogens is 2. The van der Waals surface area contributed by atoms with Gasteiger partial charge in [-0.25, -0.2) is 4.39 Å². The van der Waals surface area contributed by atoms with E-state index in [1.54, 1.807) is 6.07 Å². The number of benzene rings is 1. The average Bonchev–Trinajstić information content (AvgIpc) is 2.35. The molecule has 1 aliphatic heterocycles. The minimum atomic E-state index is -0.814. The Hall–Kier alpha value is -0.450. The van der Waals surface area contributed by atoms with E-state index >= 15 is 0 Å². The summed E-state index contributed by atoms with van der Waals surface area (Å²) in [5, 5.41) is 14.0. The predicted molar refractivity (Wildman–Crippen MR) is 78.7 cm³/mol. The van der Waals surface area contributed by atoms with Gasteiger partial charge in [0, 0.05) is 12.5 Å². The Morgan fingerprint density at radius 2 is 2.26 bits per heavy atom. The zero-order valence-corrected chi connectivity index (χ0v) is 12.8. The first-order chi connectivity index (χ1) is 8.98. The van der Waals surface area contributed by atoms with Crippen molar-refractivity contribution in [3.05, 3.63) is 34.1 Å². The summed E-state index contributed by atoms with van der Waals surface area (Å²) in [5.74, 6) is -0.274. The minimum Gasteiger partial charge on any atom is -0.390 e. The molecule has 0 bridgehead atoms. The zero-order chi connectivity index (χ0) is 13.9. The van der Waals surface area contributed by atoms with E-state index in [1.165, 1.54) is 18.9 Å². The van der Waals surface area contributed by atoms with Crippen molar-refractivity contribution < 1.29 is 9.50 Å². The standard InChI is InChI=1S/C15H21BrFNO/c1-15(19,10-12-6-2-3-8-18-12)9-11-5-4-7-13(17)14(11)16/h4-5,7,12,18-19H,2-3,6,8-10H2,1H3. The van der Waals surface area contributed by atoms with E-state index in [0.717, 1.165) is 18.5 Å². The van der Waals surface area contributed by atoms with E-state index in [4.69, 9.17) is 0 Å². The summed E-state index contributed by atoms with van der Waals surface area (Å²) in [4.78, 5) is 0. The molecule has 0 saturated carbocycles. The molecule has 0 radical (unpaired) electrons. The van der Waals surface area contributed by atoms with E-state index in [-0.39, 0.29) is 5.82 Å². The van der Waals surface area contributed by atoms with Gasteiger partial charge in [0.25, 0.3) is 0 Å². The molecule has 1 fully saturated rings. The number of nitrogens with one attached hydrogen (secondary N) is 1. The van der Waals surface area contributed by atoms with Gasteiger partial charge < -0.3 is 10.4 Å². The van der Waals surface area contributed by atoms with E-state index < -0.39 is 5.60 Å². The van der Waals surface area contributed by atoms with Gasteiger partial charge in [-0.2, -0.15) is 0 Å². The van der Waals surface area contributed by atoms with Crippen molar-refractivity contribution in [1.82, 2.24) is 5.32 Å². The molecule has 1 heterocycles. The fourth-order valence-electron chi connectivity index (χ4n) is 2.80. The van der Waals surface area contributed by atoms with Crippen molar-refractivity contribution in [3.8, 4) is 0 Å². The van der Waals surface area contributed by atoms with Crippen LogP contribution in [0, 0.1) is 5.82 Å². The third kappa shape index (κ3) is 4.26. The highest BCUT2D eigenvalue weighted by atomic mass is 79.9. The van der Waals surface area contributed by atoms with Crippen LogP contribution >= 0.6 is 15.9 Å². The predicted octanol–water partition coefficient (Wildman–Crippen LogP) is 3.41. The van der Waals surface area contributed by atoms with Gasteiger partial charge in [0.2, 0.25) is 0 Å². The maximum absolute atomic E-state index is 13.5. The maximum atomic E-state index is 13.5. The van der Waals surface area contributed by atoms with Crippen LogP contribution < -0.4 is 5.32 Å². The summed E-state index contributed by atoms with van der Waals surface area (Å²) in [7, 11) is 0. The fraction of sp³-hybridized carbons (Fsp3) is 0.600. The van der Waals surface area contributed by atoms with Gasteiger partial charge in [0.1, 0.15) is 5.82 Å². The van der Waals surface area contributed by atoms with Gasteiger partial charge >= 0.3 is 0 Å². The molecule has 2 atom stereocenters. The van der Waals surface area contributed by atoms with Gasteiger partial charge in [0.05, 0.1) is 10.1 Å². The van der Waals surface area contributed by atoms with Gasteiger partial charge in [-0.15, -0.1) is 0 Å². The monoisotopic (exact) mass is 329 g/mol. The molecule has 2 rings (SSSR count). The Bertz CT molecular complexity index is 430. The second-order valence-corrected chi connectivity index (χ2v) is 6.53. The van der Waals surface area contributed by atoms with E-state index in [1.807, 2.05) is 13.0 Å². The molecule has 0 aromatic heterocycles. The van der Waals surface area contributed by atoms with Crippen molar-refractivity contribution >= 4 is 15.9 Å². The lowest BCUT2D eigenvalue weighted by molar-refractivity contribution is 0.0369. The first-order valence-corrected chi connectivity index (χ1v) is 7.66. The Morgan fingerprint density at radius 3 is 2.95 bits per heavy atom. The Kier molecular flexibility index (Phi) is 4.98. The molecule has 2 unspecified atom stereocenters. The van der Waals surface area contributed by atoms with Crippen LogP contribution in [0.25, 0.3) is 0 Å². The lowest BCUT2D eigenvalue weighted by Gasteiger charge is -2.32. The first-order valence-electron chi connectivity index (χ1n) is 6.86. The van der Waals surface area contributed by atoms with Crippen molar-refractivity contribution in [2.45, 2.75) is 50.7 Å². The first kappa shape index (κ1) is 14.9. The molecule has 0 aliphatic carbocycles. The van der Waals surface area contributed by atoms with Crippen molar-refractivity contribution in [1.29, 1.82) is 0 Å². The van der Waals surface area contributed by atoms with Gasteiger partial charge in [-0.1, -0.05) is 18.6 Å². The Morgan fingerprint density at radius 1 is 1.47 bits per heavy atom. The normalized spacial score (nSPS) is 23.1. The third-order valence-corrected chi connectivity index (χ3v) is 4.59. The van der Waals surface area contributed by atoms with Crippen LogP contribution in [-0.2, 0) is 6.42 Å². The lowest BCUT2D eigenvalue weighted by Crippen LogP contribution is -2.41. The molecular weight excluding hydrogens is 309 g/mol. The Labute approximate surface area is 122 Å². The number of aliphatic hydroxyl groups is 1. The molecule has 0 amide bonds. The molecule has 1 saturated heterocycles. The average molecular weight is 330 g/mol. The second kappa shape index (κ2) is 6.33. The quantitative estimate of drug-likeness (QED) is 0.887. The molecule has 2 N–H and O–H groups in total. The summed E-state index contributed by atoms with van der Waals surface area (Å²) in [6.45, 7) is 2.87. The SMILES string of the molecule is CC(O)(Cc1cccc(F)c1Br)CC1CCCCN1. The van der Waals surface area contributed by atoms with Gasteiger partial charge in [0.15, 0.2) is 0 Å². The third-order valence-electron chi connectivity index (χ3n) is 3.70. The van der Waals surface area contributed by atoms with Gasteiger partial charge in [-0.05, 0) is 60.3 Å². The molecule has 106 valence electrons. The number of piperidine rings is 1. The van der Waals surface area contributed by atoms with Crippen LogP contribution in [0.4, 0.5) is 4.39 Å². The molecule has 2 nitrogen and oxygen atoms in total. The summed E-state index contributed by atoms with van der Waals surface area (Å²) in [6.07, 6.45) is 4.71. The van der Waals surface area contributed by atoms with Crippen LogP contribution in [-0.4, -0.2) is 23.3 Å². The molecular formula is C15H21BrFNO. The highest BCUT2D eigenvalue weighted by molar-refractivity contribution is 9.10. The van der Waals surface area contributed by atoms with E-state index in [2.05, 4.69) is 21.2 Å². The number of hydrogen-bond acceptors (Lipinski definition) is 2. The van der Waals surface area contributed by atoms with Crippen LogP contribution in [0.5, 0.6) is 0 Å². The Balaban J connectivity index is 2.01. The van der Waals surface area contributed by atoms with Crippen LogP contribution in [0.3, 0.4) is 0 Å². The van der Waals surface area contributed by atoms with Crippen LogP contribution in [0.15, 0.2) is 22.7 Å². The van der Waals surface area contributed by atoms with Crippen LogP contribution in [0.2, 0.25) is 0 Å². The summed E-state index contributed by atoms with van der Waals surface area (Å²) >= 11 is 3.26. The maximum Gasteiger partial charge on any atom is 0.137 e. The van der Waals surface area contributed by atoms with Crippen molar-refractivity contribution in [2.24, 2.45) is 0 Å². The summed E-state index contributed by atoms with van der Waals surface area (Å²) in [5.41, 5.74) is 0.00603. The molecule has 1 aromatic rings. The molecule has 19 heavy (non-hydrogen) atoms. The number of hydrogen-bond donors (Lipinski definition) is 2. The van der Waals surface area contributed by atoms with E-state index in [9.17, 15) is 9.50 Å². The summed E-state index contributed by atoms with van der Waals surface area (Å²) in [6, 6.07) is 5.33. The molecule has 1 aliphatic rings. The molecule has 4 heteroatoms. The largest absolute Gasteiger partial charge is 0.390 e. The zero-order valence-electron chi connectivity index (χ0n) is 11.3. The van der Waals surface area contributed by atoms with Crippen molar-refractivity contribution in [2.75, 3.05) is 6.54 Å². The minimum absolute atomic E-state index is 0.274. The van der Waals surface area contributed by atoms with Crippen LogP contribution in [0.1, 0.15) is 38.2 Å². The van der Waals surface area contributed by atoms with Gasteiger partial charge in [-0.3, -0.25) is 0 Å². The highest BCUT2D eigenvalue weighted by Gasteiger charge is 2.27.